The predicted molar refractivity (Wildman–Crippen MR) is 180 cm³/mol. The van der Waals surface area contributed by atoms with Gasteiger partial charge in [0.1, 0.15) is 26.9 Å². The van der Waals surface area contributed by atoms with Crippen molar-refractivity contribution in [3.63, 3.8) is 0 Å². The number of sulfone groups is 2. The lowest BCUT2D eigenvalue weighted by atomic mass is 10.1. The van der Waals surface area contributed by atoms with E-state index in [4.69, 9.17) is 20.6 Å². The number of azo groups is 2. The van der Waals surface area contributed by atoms with Gasteiger partial charge in [0.2, 0.25) is 0 Å². The monoisotopic (exact) mass is 866 g/mol. The summed E-state index contributed by atoms with van der Waals surface area (Å²) in [6, 6.07) is 6.15. The number of hydrogen-bond donors (Lipinski definition) is 6. The number of nitrogens with two attached hydrogens (primary N) is 2. The topological polar surface area (TPSA) is 406 Å². The van der Waals surface area contributed by atoms with E-state index in [9.17, 15) is 59.6 Å². The highest BCUT2D eigenvalue weighted by Crippen LogP contribution is 2.46. The molecule has 292 valence electrons. The summed E-state index contributed by atoms with van der Waals surface area (Å²) in [5.41, 5.74) is 8.18. The Hall–Kier alpha value is -4.08. The smallest absolute Gasteiger partial charge is 0.397 e. The van der Waals surface area contributed by atoms with Crippen LogP contribution >= 0.6 is 0 Å². The quantitative estimate of drug-likeness (QED) is 0.0677. The third-order valence-corrected chi connectivity index (χ3v) is 12.6. The molecule has 0 spiro atoms. The molecule has 30 heteroatoms. The summed E-state index contributed by atoms with van der Waals surface area (Å²) in [5.74, 6) is -1.92. The molecule has 0 fully saturated rings. The zero-order valence-corrected chi connectivity index (χ0v) is 31.2. The van der Waals surface area contributed by atoms with E-state index in [-0.39, 0.29) is 10.6 Å². The number of benzene rings is 3. The summed E-state index contributed by atoms with van der Waals surface area (Å²) < 4.78 is 187. The van der Waals surface area contributed by atoms with Gasteiger partial charge in [0.25, 0.3) is 20.2 Å². The van der Waals surface area contributed by atoms with E-state index < -0.39 is 134 Å². The Morgan fingerprint density at radius 2 is 1.06 bits per heavy atom. The van der Waals surface area contributed by atoms with Gasteiger partial charge in [-0.1, -0.05) is 0 Å². The van der Waals surface area contributed by atoms with Crippen LogP contribution in [0.25, 0.3) is 0 Å². The molecule has 0 amide bonds. The van der Waals surface area contributed by atoms with Crippen molar-refractivity contribution in [2.75, 3.05) is 36.2 Å². The molecular formula is C23H26N6O18S6. The third-order valence-electron chi connectivity index (χ3n) is 6.44. The first-order valence-electron chi connectivity index (χ1n) is 13.5. The molecule has 0 saturated carbocycles. The average molecular weight is 867 g/mol. The van der Waals surface area contributed by atoms with Gasteiger partial charge in [-0.3, -0.25) is 18.2 Å². The van der Waals surface area contributed by atoms with Gasteiger partial charge in [-0.2, -0.15) is 38.8 Å². The van der Waals surface area contributed by atoms with Crippen LogP contribution < -0.4 is 11.5 Å². The van der Waals surface area contributed by atoms with Crippen molar-refractivity contribution < 1.29 is 77.1 Å². The van der Waals surface area contributed by atoms with Crippen molar-refractivity contribution in [3.8, 4) is 0 Å². The second-order valence-electron chi connectivity index (χ2n) is 10.1. The molecule has 0 aromatic heterocycles. The lowest BCUT2D eigenvalue weighted by Crippen LogP contribution is -2.16. The minimum absolute atomic E-state index is 0.131. The Kier molecular flexibility index (Phi) is 12.9. The average Bonchev–Trinajstić information content (AvgIpc) is 2.99. The molecule has 53 heavy (non-hydrogen) atoms. The second kappa shape index (κ2) is 15.7. The summed E-state index contributed by atoms with van der Waals surface area (Å²) in [7, 11) is -29.0. The van der Waals surface area contributed by atoms with Gasteiger partial charge in [0, 0.05) is 0 Å². The van der Waals surface area contributed by atoms with Gasteiger partial charge in [-0.15, -0.1) is 15.3 Å². The van der Waals surface area contributed by atoms with Crippen LogP contribution in [0, 0.1) is 6.92 Å². The fraction of sp³-hybridized carbons (Fsp3) is 0.217. The minimum atomic E-state index is -5.26. The van der Waals surface area contributed by atoms with Crippen molar-refractivity contribution in [2.24, 2.45) is 20.5 Å². The molecule has 3 aromatic carbocycles. The minimum Gasteiger partial charge on any atom is -0.397 e. The third kappa shape index (κ3) is 11.7. The molecule has 0 bridgehead atoms. The summed E-state index contributed by atoms with van der Waals surface area (Å²) in [6.45, 7) is -0.888. The van der Waals surface area contributed by atoms with Crippen molar-refractivity contribution in [1.82, 2.24) is 0 Å². The molecule has 3 aromatic rings. The lowest BCUT2D eigenvalue weighted by molar-refractivity contribution is 0.282. The molecule has 0 heterocycles. The molecule has 0 radical (unpaired) electrons. The fourth-order valence-corrected chi connectivity index (χ4v) is 8.64. The van der Waals surface area contributed by atoms with Crippen LogP contribution in [0.15, 0.2) is 82.5 Å². The van der Waals surface area contributed by atoms with E-state index in [2.05, 4.69) is 28.8 Å². The predicted octanol–water partition coefficient (Wildman–Crippen LogP) is 1.67. The maximum absolute atomic E-state index is 12.6. The maximum Gasteiger partial charge on any atom is 0.397 e. The van der Waals surface area contributed by atoms with E-state index in [1.165, 1.54) is 0 Å². The molecule has 3 rings (SSSR count). The number of nitrogens with zero attached hydrogens (tertiary/aromatic N) is 4. The molecule has 0 atom stereocenters. The van der Waals surface area contributed by atoms with Crippen LogP contribution in [-0.2, 0) is 69.1 Å². The largest absolute Gasteiger partial charge is 0.397 e. The zero-order chi connectivity index (χ0) is 40.4. The highest BCUT2D eigenvalue weighted by molar-refractivity contribution is 7.92. The Labute approximate surface area is 301 Å². The summed E-state index contributed by atoms with van der Waals surface area (Å²) in [6.07, 6.45) is 0. The zero-order valence-electron chi connectivity index (χ0n) is 26.3. The molecule has 8 N–H and O–H groups in total. The van der Waals surface area contributed by atoms with E-state index in [1.807, 2.05) is 0 Å². The van der Waals surface area contributed by atoms with Gasteiger partial charge in [-0.05, 0) is 55.0 Å². The van der Waals surface area contributed by atoms with Crippen LogP contribution in [-0.4, -0.2) is 93.4 Å². The van der Waals surface area contributed by atoms with Crippen LogP contribution in [0.3, 0.4) is 0 Å². The number of rotatable bonds is 16. The van der Waals surface area contributed by atoms with Crippen LogP contribution in [0.2, 0.25) is 0 Å². The summed E-state index contributed by atoms with van der Waals surface area (Å²) in [5, 5.41) is 14.9. The Bertz CT molecular complexity index is 2660. The van der Waals surface area contributed by atoms with Gasteiger partial charge >= 0.3 is 20.8 Å². The van der Waals surface area contributed by atoms with Crippen LogP contribution in [0.1, 0.15) is 5.56 Å². The Morgan fingerprint density at radius 1 is 0.585 bits per heavy atom. The van der Waals surface area contributed by atoms with Crippen molar-refractivity contribution in [1.29, 1.82) is 0 Å². The standard InChI is InChI=1S/C23H26N6O18S6/c1-13-19(24)21(28-27-17-7-6-16(12-18(17)50(34,35)36)49(32,33)11-9-47-53(43,44)45)20(25)22(23(13)51(37,38)39)29-26-14-2-4-15(5-3-14)48(30,31)10-8-46-52(40,41)42/h2-7,12H,8-11,24-25H2,1H3,(H,34,35,36)(H,37,38,39)(H,40,41,42)(H,43,44,45). The first-order valence-corrected chi connectivity index (χ1v) is 22.4. The van der Waals surface area contributed by atoms with Crippen LogP contribution in [0.4, 0.5) is 34.1 Å². The number of nitrogen functional groups attached to an aromatic ring is 2. The molecule has 0 unspecified atom stereocenters. The molecule has 0 saturated heterocycles. The van der Waals surface area contributed by atoms with E-state index in [1.54, 1.807) is 0 Å². The normalized spacial score (nSPS) is 13.6. The van der Waals surface area contributed by atoms with Crippen LogP contribution in [0.5, 0.6) is 0 Å². The number of anilines is 2. The molecular weight excluding hydrogens is 841 g/mol. The van der Waals surface area contributed by atoms with E-state index in [0.717, 1.165) is 43.3 Å². The van der Waals surface area contributed by atoms with Crippen molar-refractivity contribution in [3.05, 3.63) is 48.0 Å². The Balaban J connectivity index is 2.08. The molecule has 0 aliphatic carbocycles. The van der Waals surface area contributed by atoms with E-state index in [0.29, 0.717) is 6.07 Å². The SMILES string of the molecule is Cc1c(N)c(N=Nc2ccc(S(=O)(=O)CCOS(=O)(=O)O)cc2S(=O)(=O)O)c(N)c(N=Nc2ccc(S(=O)(=O)CCOS(=O)(=O)O)cc2)c1S(=O)(=O)O. The first kappa shape index (κ1) is 43.3. The van der Waals surface area contributed by atoms with Gasteiger partial charge in [0.15, 0.2) is 19.7 Å². The molecule has 0 aliphatic rings. The van der Waals surface area contributed by atoms with Gasteiger partial charge < -0.3 is 11.5 Å². The van der Waals surface area contributed by atoms with Gasteiger partial charge in [-0.25, -0.2) is 25.2 Å². The first-order chi connectivity index (χ1) is 24.0. The van der Waals surface area contributed by atoms with Crippen molar-refractivity contribution >= 4 is 94.8 Å². The lowest BCUT2D eigenvalue weighted by Gasteiger charge is -2.14. The molecule has 24 nitrogen and oxygen atoms in total. The fourth-order valence-electron chi connectivity index (χ4n) is 4.02. The highest BCUT2D eigenvalue weighted by atomic mass is 32.3. The van der Waals surface area contributed by atoms with E-state index >= 15 is 0 Å². The maximum atomic E-state index is 12.6. The molecule has 0 aliphatic heterocycles. The highest BCUT2D eigenvalue weighted by Gasteiger charge is 2.28. The van der Waals surface area contributed by atoms with Gasteiger partial charge in [0.05, 0.1) is 51.6 Å². The summed E-state index contributed by atoms with van der Waals surface area (Å²) >= 11 is 0. The summed E-state index contributed by atoms with van der Waals surface area (Å²) in [4.78, 5) is -3.22. The second-order valence-corrected chi connectivity index (χ2v) is 19.2. The van der Waals surface area contributed by atoms with Crippen molar-refractivity contribution in [2.45, 2.75) is 26.5 Å². The Morgan fingerprint density at radius 3 is 1.53 bits per heavy atom. The number of hydrogen-bond acceptors (Lipinski definition) is 20.